The number of benzene rings is 2. The van der Waals surface area contributed by atoms with Gasteiger partial charge in [0.2, 0.25) is 0 Å². The average Bonchev–Trinajstić information content (AvgIpc) is 2.59. The Morgan fingerprint density at radius 2 is 1.77 bits per heavy atom. The molecule has 7 heteroatoms. The van der Waals surface area contributed by atoms with Crippen molar-refractivity contribution in [3.63, 3.8) is 0 Å². The molecule has 2 aromatic carbocycles. The molecule has 0 saturated carbocycles. The second-order valence-corrected chi connectivity index (χ2v) is 7.26. The maximum atomic E-state index is 12.3. The number of aromatic nitrogens is 1. The Morgan fingerprint density at radius 1 is 1.08 bits per heavy atom. The summed E-state index contributed by atoms with van der Waals surface area (Å²) < 4.78 is 0. The molecular formula is C19H17Cl3N3O+. The third kappa shape index (κ3) is 4.46. The summed E-state index contributed by atoms with van der Waals surface area (Å²) in [5, 5.41) is 5.06. The fourth-order valence-electron chi connectivity index (χ4n) is 2.72. The van der Waals surface area contributed by atoms with Crippen LogP contribution >= 0.6 is 34.8 Å². The largest absolute Gasteiger partial charge is 0.326 e. The number of fused-ring (bicyclic) bond motifs is 1. The molecule has 1 aromatic heterocycles. The van der Waals surface area contributed by atoms with Crippen LogP contribution in [0, 0.1) is 0 Å². The first-order valence-corrected chi connectivity index (χ1v) is 9.17. The number of amides is 1. The van der Waals surface area contributed by atoms with Gasteiger partial charge in [-0.25, -0.2) is 4.98 Å². The molecule has 1 atom stereocenters. The van der Waals surface area contributed by atoms with Gasteiger partial charge in [-0.05, 0) is 24.3 Å². The molecule has 0 spiro atoms. The van der Waals surface area contributed by atoms with Gasteiger partial charge in [-0.15, -0.1) is 0 Å². The number of nitrogens with zero attached hydrogens (tertiary/aromatic N) is 1. The topological polar surface area (TPSA) is 46.4 Å². The maximum Gasteiger partial charge on any atom is 0.279 e. The van der Waals surface area contributed by atoms with Crippen molar-refractivity contribution in [1.29, 1.82) is 0 Å². The summed E-state index contributed by atoms with van der Waals surface area (Å²) in [4.78, 5) is 17.7. The monoisotopic (exact) mass is 408 g/mol. The normalized spacial score (nSPS) is 12.2. The van der Waals surface area contributed by atoms with Crippen LogP contribution in [0.15, 0.2) is 48.5 Å². The van der Waals surface area contributed by atoms with Gasteiger partial charge >= 0.3 is 0 Å². The van der Waals surface area contributed by atoms with Crippen molar-refractivity contribution < 1.29 is 9.69 Å². The van der Waals surface area contributed by atoms with Crippen molar-refractivity contribution in [2.45, 2.75) is 6.54 Å². The summed E-state index contributed by atoms with van der Waals surface area (Å²) in [6.07, 6.45) is 0. The van der Waals surface area contributed by atoms with Gasteiger partial charge in [-0.1, -0.05) is 59.1 Å². The van der Waals surface area contributed by atoms with Crippen molar-refractivity contribution in [3.8, 4) is 0 Å². The fourth-order valence-corrected chi connectivity index (χ4v) is 3.43. The number of likely N-dealkylation sites (N-methyl/N-ethyl adjacent to an activating group) is 1. The molecule has 0 aliphatic rings. The number of nitrogens with one attached hydrogen (secondary N) is 2. The molecule has 1 amide bonds. The summed E-state index contributed by atoms with van der Waals surface area (Å²) >= 11 is 18.5. The first kappa shape index (κ1) is 18.9. The molecule has 3 rings (SSSR count). The second kappa shape index (κ2) is 8.23. The van der Waals surface area contributed by atoms with Crippen molar-refractivity contribution in [2.75, 3.05) is 18.9 Å². The van der Waals surface area contributed by atoms with E-state index in [9.17, 15) is 4.79 Å². The van der Waals surface area contributed by atoms with Crippen LogP contribution in [0.5, 0.6) is 0 Å². The van der Waals surface area contributed by atoms with Crippen LogP contribution < -0.4 is 10.2 Å². The number of halogens is 3. The molecule has 0 saturated heterocycles. The zero-order valence-electron chi connectivity index (χ0n) is 14.0. The minimum atomic E-state index is -0.178. The van der Waals surface area contributed by atoms with E-state index in [2.05, 4.69) is 10.3 Å². The van der Waals surface area contributed by atoms with Crippen molar-refractivity contribution in [2.24, 2.45) is 0 Å². The number of hydrogen-bond donors (Lipinski definition) is 2. The van der Waals surface area contributed by atoms with E-state index in [1.54, 1.807) is 18.2 Å². The van der Waals surface area contributed by atoms with E-state index in [4.69, 9.17) is 34.8 Å². The Balaban J connectivity index is 1.68. The molecule has 134 valence electrons. The SMILES string of the molecule is C[NH+](CC(=O)Nc1c(Cl)cccc1Cl)Cc1cc2ccccc2nc1Cl. The lowest BCUT2D eigenvalue weighted by Gasteiger charge is -2.15. The third-order valence-corrected chi connectivity index (χ3v) is 4.89. The van der Waals surface area contributed by atoms with Crippen LogP contribution in [0.3, 0.4) is 0 Å². The molecule has 1 heterocycles. The number of pyridine rings is 1. The van der Waals surface area contributed by atoms with E-state index in [1.165, 1.54) is 0 Å². The average molecular weight is 410 g/mol. The zero-order valence-corrected chi connectivity index (χ0v) is 16.3. The molecular weight excluding hydrogens is 393 g/mol. The summed E-state index contributed by atoms with van der Waals surface area (Å²) in [6, 6.07) is 14.9. The van der Waals surface area contributed by atoms with Gasteiger partial charge in [0, 0.05) is 10.9 Å². The van der Waals surface area contributed by atoms with Gasteiger partial charge in [-0.3, -0.25) is 4.79 Å². The molecule has 0 radical (unpaired) electrons. The van der Waals surface area contributed by atoms with Gasteiger partial charge in [0.05, 0.1) is 28.3 Å². The van der Waals surface area contributed by atoms with E-state index in [1.807, 2.05) is 37.4 Å². The Kier molecular flexibility index (Phi) is 5.99. The molecule has 3 aromatic rings. The highest BCUT2D eigenvalue weighted by Crippen LogP contribution is 2.29. The van der Waals surface area contributed by atoms with Gasteiger partial charge in [0.15, 0.2) is 6.54 Å². The van der Waals surface area contributed by atoms with Crippen LogP contribution in [0.2, 0.25) is 15.2 Å². The summed E-state index contributed by atoms with van der Waals surface area (Å²) in [6.45, 7) is 0.811. The highest BCUT2D eigenvalue weighted by atomic mass is 35.5. The molecule has 4 nitrogen and oxygen atoms in total. The predicted octanol–water partition coefficient (Wildman–Crippen LogP) is 3.85. The first-order chi connectivity index (χ1) is 12.4. The lowest BCUT2D eigenvalue weighted by atomic mass is 10.1. The van der Waals surface area contributed by atoms with Gasteiger partial charge in [0.1, 0.15) is 11.7 Å². The van der Waals surface area contributed by atoms with Crippen LogP contribution in [0.1, 0.15) is 5.56 Å². The van der Waals surface area contributed by atoms with Crippen molar-refractivity contribution in [3.05, 3.63) is 69.3 Å². The third-order valence-electron chi connectivity index (χ3n) is 3.93. The second-order valence-electron chi connectivity index (χ2n) is 6.09. The lowest BCUT2D eigenvalue weighted by Crippen LogP contribution is -3.08. The lowest BCUT2D eigenvalue weighted by molar-refractivity contribution is -0.885. The quantitative estimate of drug-likeness (QED) is 0.629. The van der Waals surface area contributed by atoms with Crippen LogP contribution in [0.25, 0.3) is 10.9 Å². The Morgan fingerprint density at radius 3 is 2.50 bits per heavy atom. The van der Waals surface area contributed by atoms with Crippen molar-refractivity contribution in [1.82, 2.24) is 4.98 Å². The smallest absolute Gasteiger partial charge is 0.279 e. The molecule has 0 fully saturated rings. The highest BCUT2D eigenvalue weighted by molar-refractivity contribution is 6.39. The Labute approximate surface area is 166 Å². The highest BCUT2D eigenvalue weighted by Gasteiger charge is 2.16. The summed E-state index contributed by atoms with van der Waals surface area (Å²) in [7, 11) is 1.92. The van der Waals surface area contributed by atoms with E-state index >= 15 is 0 Å². The minimum absolute atomic E-state index is 0.178. The van der Waals surface area contributed by atoms with Crippen LogP contribution in [-0.4, -0.2) is 24.5 Å². The van der Waals surface area contributed by atoms with E-state index in [-0.39, 0.29) is 12.5 Å². The number of carbonyl (C=O) groups excluding carboxylic acids is 1. The summed E-state index contributed by atoms with van der Waals surface area (Å²) in [5.74, 6) is -0.178. The van der Waals surface area contributed by atoms with E-state index < -0.39 is 0 Å². The number of para-hydroxylation sites is 2. The number of anilines is 1. The van der Waals surface area contributed by atoms with Gasteiger partial charge in [-0.2, -0.15) is 0 Å². The number of carbonyl (C=O) groups is 1. The fraction of sp³-hybridized carbons (Fsp3) is 0.158. The molecule has 0 bridgehead atoms. The van der Waals surface area contributed by atoms with Crippen LogP contribution in [-0.2, 0) is 11.3 Å². The number of rotatable bonds is 5. The summed E-state index contributed by atoms with van der Waals surface area (Å²) in [5.41, 5.74) is 2.18. The van der Waals surface area contributed by atoms with E-state index in [0.717, 1.165) is 21.4 Å². The van der Waals surface area contributed by atoms with Crippen LogP contribution in [0.4, 0.5) is 5.69 Å². The molecule has 26 heavy (non-hydrogen) atoms. The minimum Gasteiger partial charge on any atom is -0.326 e. The molecule has 1 unspecified atom stereocenters. The van der Waals surface area contributed by atoms with E-state index in [0.29, 0.717) is 27.4 Å². The zero-order chi connectivity index (χ0) is 18.7. The number of quaternary nitrogens is 1. The maximum absolute atomic E-state index is 12.3. The molecule has 0 aliphatic carbocycles. The van der Waals surface area contributed by atoms with Gasteiger partial charge < -0.3 is 10.2 Å². The first-order valence-electron chi connectivity index (χ1n) is 8.03. The number of hydrogen-bond acceptors (Lipinski definition) is 2. The Hall–Kier alpha value is -1.85. The molecule has 2 N–H and O–H groups in total. The standard InChI is InChI=1S/C19H16Cl3N3O/c1-25(11-17(26)24-18-14(20)6-4-7-15(18)21)10-13-9-12-5-2-3-8-16(12)23-19(13)22/h2-9H,10-11H2,1H3,(H,24,26)/p+1. The van der Waals surface area contributed by atoms with Crippen molar-refractivity contribution >= 4 is 57.3 Å². The predicted molar refractivity (Wildman–Crippen MR) is 107 cm³/mol. The Bertz CT molecular complexity index is 942. The van der Waals surface area contributed by atoms with Gasteiger partial charge in [0.25, 0.3) is 5.91 Å². The molecule has 0 aliphatic heterocycles.